The van der Waals surface area contributed by atoms with Gasteiger partial charge in [-0.15, -0.1) is 0 Å². The van der Waals surface area contributed by atoms with Crippen molar-refractivity contribution in [3.05, 3.63) is 74.3 Å². The molecule has 0 atom stereocenters. The number of Topliss-reactive ketones (excluding diaryl/α,β-unsaturated/α-hetero) is 1. The van der Waals surface area contributed by atoms with E-state index in [1.807, 2.05) is 12.1 Å². The van der Waals surface area contributed by atoms with Crippen LogP contribution < -0.4 is 0 Å². The summed E-state index contributed by atoms with van der Waals surface area (Å²) in [6, 6.07) is 9.04. The number of nitro groups is 1. The number of nitro benzene ring substituents is 1. The number of aryl methyl sites for hydroxylation is 2. The molecule has 2 aliphatic rings. The summed E-state index contributed by atoms with van der Waals surface area (Å²) in [7, 11) is 0. The van der Waals surface area contributed by atoms with Crippen LogP contribution in [0.3, 0.4) is 0 Å². The summed E-state index contributed by atoms with van der Waals surface area (Å²) >= 11 is 0. The summed E-state index contributed by atoms with van der Waals surface area (Å²) in [5.74, 6) is -1.60. The predicted octanol–water partition coefficient (Wildman–Crippen LogP) is 2.95. The van der Waals surface area contributed by atoms with Gasteiger partial charge in [-0.05, 0) is 48.9 Å². The molecule has 0 spiro atoms. The molecule has 1 aliphatic heterocycles. The van der Waals surface area contributed by atoms with Gasteiger partial charge in [-0.2, -0.15) is 0 Å². The van der Waals surface area contributed by atoms with E-state index in [4.69, 9.17) is 0 Å². The lowest BCUT2D eigenvalue weighted by Crippen LogP contribution is -2.35. The third kappa shape index (κ3) is 2.91. The zero-order valence-corrected chi connectivity index (χ0v) is 14.4. The number of nitrogens with zero attached hydrogens (tertiary/aromatic N) is 2. The summed E-state index contributed by atoms with van der Waals surface area (Å²) in [5.41, 5.74) is 2.64. The van der Waals surface area contributed by atoms with Gasteiger partial charge in [0.15, 0.2) is 5.78 Å². The number of non-ortho nitro benzene ring substituents is 1. The highest BCUT2D eigenvalue weighted by atomic mass is 16.6. The molecule has 0 unspecified atom stereocenters. The Kier molecular flexibility index (Phi) is 4.07. The minimum absolute atomic E-state index is 0.0348. The van der Waals surface area contributed by atoms with Crippen molar-refractivity contribution in [2.75, 3.05) is 6.54 Å². The van der Waals surface area contributed by atoms with Gasteiger partial charge in [0, 0.05) is 17.7 Å². The molecule has 0 fully saturated rings. The van der Waals surface area contributed by atoms with E-state index in [0.29, 0.717) is 5.56 Å². The summed E-state index contributed by atoms with van der Waals surface area (Å²) in [6.07, 6.45) is 4.15. The Bertz CT molecular complexity index is 1010. The first-order valence-electron chi connectivity index (χ1n) is 8.75. The normalized spacial score (nSPS) is 15.5. The second-order valence-electron chi connectivity index (χ2n) is 6.80. The van der Waals surface area contributed by atoms with Crippen molar-refractivity contribution in [3.63, 3.8) is 0 Å². The molecule has 2 aromatic carbocycles. The first-order valence-corrected chi connectivity index (χ1v) is 8.75. The predicted molar refractivity (Wildman–Crippen MR) is 95.9 cm³/mol. The lowest BCUT2D eigenvalue weighted by molar-refractivity contribution is -0.384. The lowest BCUT2D eigenvalue weighted by atomic mass is 9.90. The molecule has 0 aromatic heterocycles. The average Bonchev–Trinajstić information content (AvgIpc) is 2.92. The number of hydrogen-bond donors (Lipinski definition) is 0. The molecule has 0 saturated carbocycles. The monoisotopic (exact) mass is 364 g/mol. The maximum absolute atomic E-state index is 12.6. The molecular weight excluding hydrogens is 348 g/mol. The van der Waals surface area contributed by atoms with Crippen molar-refractivity contribution < 1.29 is 19.3 Å². The van der Waals surface area contributed by atoms with Crippen molar-refractivity contribution in [1.29, 1.82) is 0 Å². The fourth-order valence-corrected chi connectivity index (χ4v) is 3.68. The van der Waals surface area contributed by atoms with Crippen LogP contribution in [0.15, 0.2) is 36.4 Å². The maximum Gasteiger partial charge on any atom is 0.270 e. The van der Waals surface area contributed by atoms with Gasteiger partial charge in [0.25, 0.3) is 17.5 Å². The zero-order valence-electron chi connectivity index (χ0n) is 14.4. The maximum atomic E-state index is 12.6. The Morgan fingerprint density at radius 1 is 0.963 bits per heavy atom. The first kappa shape index (κ1) is 17.1. The molecule has 136 valence electrons. The number of rotatable bonds is 4. The molecule has 1 aliphatic carbocycles. The van der Waals surface area contributed by atoms with Crippen molar-refractivity contribution >= 4 is 23.3 Å². The Morgan fingerprint density at radius 2 is 1.67 bits per heavy atom. The highest BCUT2D eigenvalue weighted by Gasteiger charge is 2.38. The van der Waals surface area contributed by atoms with E-state index in [1.165, 1.54) is 17.7 Å². The molecule has 1 heterocycles. The van der Waals surface area contributed by atoms with E-state index < -0.39 is 16.7 Å². The summed E-state index contributed by atoms with van der Waals surface area (Å²) < 4.78 is 0. The van der Waals surface area contributed by atoms with Crippen molar-refractivity contribution in [2.45, 2.75) is 25.7 Å². The summed E-state index contributed by atoms with van der Waals surface area (Å²) in [6.45, 7) is -0.376. The van der Waals surface area contributed by atoms with Crippen LogP contribution in [-0.2, 0) is 12.8 Å². The number of ketones is 1. The van der Waals surface area contributed by atoms with E-state index in [9.17, 15) is 24.5 Å². The summed E-state index contributed by atoms with van der Waals surface area (Å²) in [4.78, 5) is 48.8. The molecule has 7 nitrogen and oxygen atoms in total. The number of carbonyl (C=O) groups excluding carboxylic acids is 3. The van der Waals surface area contributed by atoms with Crippen molar-refractivity contribution in [2.24, 2.45) is 0 Å². The molecule has 2 aromatic rings. The Morgan fingerprint density at radius 3 is 2.41 bits per heavy atom. The van der Waals surface area contributed by atoms with Gasteiger partial charge in [0.05, 0.1) is 22.6 Å². The number of fused-ring (bicyclic) bond motifs is 2. The fraction of sp³-hybridized carbons (Fsp3) is 0.250. The zero-order chi connectivity index (χ0) is 19.1. The average molecular weight is 364 g/mol. The van der Waals surface area contributed by atoms with Crippen LogP contribution >= 0.6 is 0 Å². The van der Waals surface area contributed by atoms with E-state index in [0.717, 1.165) is 42.2 Å². The Hall–Kier alpha value is -3.35. The fourth-order valence-electron chi connectivity index (χ4n) is 3.68. The second-order valence-corrected chi connectivity index (χ2v) is 6.80. The van der Waals surface area contributed by atoms with Gasteiger partial charge in [-0.25, -0.2) is 0 Å². The minimum Gasteiger partial charge on any atom is -0.292 e. The van der Waals surface area contributed by atoms with Crippen LogP contribution in [0, 0.1) is 10.1 Å². The third-order valence-corrected chi connectivity index (χ3v) is 5.14. The van der Waals surface area contributed by atoms with Crippen LogP contribution in [0.2, 0.25) is 0 Å². The number of benzene rings is 2. The number of imide groups is 1. The molecule has 0 radical (unpaired) electrons. The van der Waals surface area contributed by atoms with Gasteiger partial charge in [-0.3, -0.25) is 29.4 Å². The standard InChI is InChI=1S/C20H16N2O5/c23-18(14-6-5-12-3-1-2-4-13(12)9-14)11-21-19(24)16-8-7-15(22(26)27)10-17(16)20(21)25/h5-10H,1-4,11H2. The summed E-state index contributed by atoms with van der Waals surface area (Å²) in [5, 5.41) is 10.9. The smallest absolute Gasteiger partial charge is 0.270 e. The van der Waals surface area contributed by atoms with Crippen LogP contribution in [0.5, 0.6) is 0 Å². The molecule has 4 rings (SSSR count). The van der Waals surface area contributed by atoms with E-state index in [1.54, 1.807) is 6.07 Å². The highest BCUT2D eigenvalue weighted by Crippen LogP contribution is 2.27. The molecular formula is C20H16N2O5. The lowest BCUT2D eigenvalue weighted by Gasteiger charge is -2.17. The Balaban J connectivity index is 1.58. The highest BCUT2D eigenvalue weighted by molar-refractivity contribution is 6.23. The number of hydrogen-bond acceptors (Lipinski definition) is 5. The topological polar surface area (TPSA) is 97.6 Å². The van der Waals surface area contributed by atoms with Crippen LogP contribution in [-0.4, -0.2) is 34.0 Å². The molecule has 0 saturated heterocycles. The Labute approximate surface area is 154 Å². The molecule has 0 bridgehead atoms. The number of carbonyl (C=O) groups is 3. The van der Waals surface area contributed by atoms with Crippen molar-refractivity contribution in [3.8, 4) is 0 Å². The van der Waals surface area contributed by atoms with Crippen LogP contribution in [0.1, 0.15) is 55.0 Å². The van der Waals surface area contributed by atoms with Crippen LogP contribution in [0.25, 0.3) is 0 Å². The van der Waals surface area contributed by atoms with Gasteiger partial charge in [-0.1, -0.05) is 12.1 Å². The molecule has 0 N–H and O–H groups in total. The second kappa shape index (κ2) is 6.42. The quantitative estimate of drug-likeness (QED) is 0.360. The first-order chi connectivity index (χ1) is 13.0. The largest absolute Gasteiger partial charge is 0.292 e. The minimum atomic E-state index is -0.676. The molecule has 27 heavy (non-hydrogen) atoms. The third-order valence-electron chi connectivity index (χ3n) is 5.14. The van der Waals surface area contributed by atoms with E-state index >= 15 is 0 Å². The van der Waals surface area contributed by atoms with E-state index in [-0.39, 0.29) is 29.1 Å². The number of amides is 2. The SMILES string of the molecule is O=C(CN1C(=O)c2ccc([N+](=O)[O-])cc2C1=O)c1ccc2c(c1)CCCC2. The van der Waals surface area contributed by atoms with Gasteiger partial charge >= 0.3 is 0 Å². The van der Waals surface area contributed by atoms with Crippen LogP contribution in [0.4, 0.5) is 5.69 Å². The van der Waals surface area contributed by atoms with Gasteiger partial charge in [0.1, 0.15) is 0 Å². The molecule has 2 amide bonds. The van der Waals surface area contributed by atoms with Crippen molar-refractivity contribution in [1.82, 2.24) is 4.90 Å². The molecule has 7 heteroatoms. The van der Waals surface area contributed by atoms with Gasteiger partial charge in [0.2, 0.25) is 0 Å². The van der Waals surface area contributed by atoms with E-state index in [2.05, 4.69) is 0 Å². The van der Waals surface area contributed by atoms with Gasteiger partial charge < -0.3 is 0 Å².